The van der Waals surface area contributed by atoms with Crippen LogP contribution in [-0.2, 0) is 0 Å². The van der Waals surface area contributed by atoms with Crippen LogP contribution in [0, 0.1) is 0 Å². The molecule has 1 fully saturated rings. The molecule has 0 saturated carbocycles. The molecule has 72 valence electrons. The van der Waals surface area contributed by atoms with Crippen LogP contribution >= 0.6 is 0 Å². The van der Waals surface area contributed by atoms with Gasteiger partial charge in [-0.25, -0.2) is 0 Å². The molecule has 1 aliphatic rings. The molecule has 0 aromatic rings. The summed E-state index contributed by atoms with van der Waals surface area (Å²) in [6.07, 6.45) is 0.979. The highest BCUT2D eigenvalue weighted by molar-refractivity contribution is 4.87. The standard InChI is InChI=1S/C9H20N2O/c1-7(12)6-11(3)9-4-5-10-8(9)2/h7-10,12H,4-6H2,1-3H3/t7-,8+,9+/m1/s1. The van der Waals surface area contributed by atoms with Crippen molar-refractivity contribution in [3.8, 4) is 0 Å². The van der Waals surface area contributed by atoms with Gasteiger partial charge in [0.25, 0.3) is 0 Å². The Morgan fingerprint density at radius 2 is 2.33 bits per heavy atom. The van der Waals surface area contributed by atoms with E-state index >= 15 is 0 Å². The summed E-state index contributed by atoms with van der Waals surface area (Å²) in [4.78, 5) is 2.25. The lowest BCUT2D eigenvalue weighted by Gasteiger charge is -2.28. The molecule has 3 atom stereocenters. The van der Waals surface area contributed by atoms with Crippen molar-refractivity contribution in [1.82, 2.24) is 10.2 Å². The molecule has 0 bridgehead atoms. The van der Waals surface area contributed by atoms with Crippen molar-refractivity contribution in [2.45, 2.75) is 38.5 Å². The van der Waals surface area contributed by atoms with E-state index in [1.54, 1.807) is 0 Å². The van der Waals surface area contributed by atoms with Crippen molar-refractivity contribution in [2.75, 3.05) is 20.1 Å². The van der Waals surface area contributed by atoms with Crippen molar-refractivity contribution < 1.29 is 5.11 Å². The van der Waals surface area contributed by atoms with Crippen LogP contribution in [-0.4, -0.2) is 48.3 Å². The fourth-order valence-electron chi connectivity index (χ4n) is 2.00. The molecule has 1 rings (SSSR count). The van der Waals surface area contributed by atoms with Crippen molar-refractivity contribution in [3.05, 3.63) is 0 Å². The van der Waals surface area contributed by atoms with E-state index in [2.05, 4.69) is 24.2 Å². The molecule has 12 heavy (non-hydrogen) atoms. The summed E-state index contributed by atoms with van der Waals surface area (Å²) in [5, 5.41) is 12.6. The first-order valence-electron chi connectivity index (χ1n) is 4.73. The third-order valence-corrected chi connectivity index (χ3v) is 2.60. The van der Waals surface area contributed by atoms with Gasteiger partial charge in [0.15, 0.2) is 0 Å². The Balaban J connectivity index is 2.35. The minimum atomic E-state index is -0.220. The van der Waals surface area contributed by atoms with Gasteiger partial charge in [-0.05, 0) is 33.9 Å². The van der Waals surface area contributed by atoms with Gasteiger partial charge in [0, 0.05) is 18.6 Å². The van der Waals surface area contributed by atoms with Gasteiger partial charge in [-0.3, -0.25) is 4.90 Å². The van der Waals surface area contributed by atoms with Crippen LogP contribution in [0.5, 0.6) is 0 Å². The van der Waals surface area contributed by atoms with Gasteiger partial charge in [-0.1, -0.05) is 0 Å². The summed E-state index contributed by atoms with van der Waals surface area (Å²) in [5.74, 6) is 0. The van der Waals surface area contributed by atoms with Crippen LogP contribution in [0.1, 0.15) is 20.3 Å². The highest BCUT2D eigenvalue weighted by Crippen LogP contribution is 2.12. The Kier molecular flexibility index (Phi) is 3.50. The number of hydrogen-bond acceptors (Lipinski definition) is 3. The molecule has 1 aliphatic heterocycles. The highest BCUT2D eigenvalue weighted by Gasteiger charge is 2.26. The lowest BCUT2D eigenvalue weighted by atomic mass is 10.1. The molecule has 0 unspecified atom stereocenters. The van der Waals surface area contributed by atoms with E-state index in [1.807, 2.05) is 6.92 Å². The predicted octanol–water partition coefficient (Wildman–Crippen LogP) is 0.0494. The number of nitrogens with one attached hydrogen (secondary N) is 1. The van der Waals surface area contributed by atoms with Crippen molar-refractivity contribution >= 4 is 0 Å². The van der Waals surface area contributed by atoms with Gasteiger partial charge in [-0.15, -0.1) is 0 Å². The zero-order valence-corrected chi connectivity index (χ0v) is 8.25. The van der Waals surface area contributed by atoms with Crippen LogP contribution in [0.15, 0.2) is 0 Å². The average Bonchev–Trinajstić information content (AvgIpc) is 2.33. The second kappa shape index (κ2) is 4.21. The van der Waals surface area contributed by atoms with Crippen LogP contribution in [0.25, 0.3) is 0 Å². The second-order valence-electron chi connectivity index (χ2n) is 3.89. The zero-order valence-electron chi connectivity index (χ0n) is 8.25. The normalized spacial score (nSPS) is 32.8. The number of hydrogen-bond donors (Lipinski definition) is 2. The first-order chi connectivity index (χ1) is 5.61. The summed E-state index contributed by atoms with van der Waals surface area (Å²) < 4.78 is 0. The number of nitrogens with zero attached hydrogens (tertiary/aromatic N) is 1. The molecule has 0 amide bonds. The van der Waals surface area contributed by atoms with Crippen LogP contribution in [0.3, 0.4) is 0 Å². The van der Waals surface area contributed by atoms with Crippen molar-refractivity contribution in [2.24, 2.45) is 0 Å². The Bertz CT molecular complexity index is 138. The number of likely N-dealkylation sites (N-methyl/N-ethyl adjacent to an activating group) is 1. The van der Waals surface area contributed by atoms with Crippen LogP contribution in [0.4, 0.5) is 0 Å². The van der Waals surface area contributed by atoms with Crippen molar-refractivity contribution in [1.29, 1.82) is 0 Å². The Labute approximate surface area is 74.8 Å². The number of aliphatic hydroxyl groups is 1. The van der Waals surface area contributed by atoms with Gasteiger partial charge in [0.05, 0.1) is 6.10 Å². The molecule has 0 aromatic carbocycles. The van der Waals surface area contributed by atoms with Gasteiger partial charge in [-0.2, -0.15) is 0 Å². The summed E-state index contributed by atoms with van der Waals surface area (Å²) in [6.45, 7) is 5.92. The van der Waals surface area contributed by atoms with E-state index in [1.165, 1.54) is 6.42 Å². The Hall–Kier alpha value is -0.120. The molecule has 3 nitrogen and oxygen atoms in total. The summed E-state index contributed by atoms with van der Waals surface area (Å²) in [7, 11) is 2.08. The minimum Gasteiger partial charge on any atom is -0.392 e. The molecule has 0 aromatic heterocycles. The molecular weight excluding hydrogens is 152 g/mol. The third kappa shape index (κ3) is 2.44. The first-order valence-corrected chi connectivity index (χ1v) is 4.73. The lowest BCUT2D eigenvalue weighted by Crippen LogP contribution is -2.42. The van der Waals surface area contributed by atoms with Gasteiger partial charge in [0.2, 0.25) is 0 Å². The predicted molar refractivity (Wildman–Crippen MR) is 50.2 cm³/mol. The number of aliphatic hydroxyl groups excluding tert-OH is 1. The Morgan fingerprint density at radius 3 is 2.75 bits per heavy atom. The summed E-state index contributed by atoms with van der Waals surface area (Å²) in [6, 6.07) is 1.16. The monoisotopic (exact) mass is 172 g/mol. The molecule has 1 heterocycles. The maximum atomic E-state index is 9.21. The summed E-state index contributed by atoms with van der Waals surface area (Å²) >= 11 is 0. The van der Waals surface area contributed by atoms with Gasteiger partial charge in [0.1, 0.15) is 0 Å². The topological polar surface area (TPSA) is 35.5 Å². The third-order valence-electron chi connectivity index (χ3n) is 2.60. The molecule has 0 spiro atoms. The quantitative estimate of drug-likeness (QED) is 0.631. The van der Waals surface area contributed by atoms with E-state index in [-0.39, 0.29) is 6.10 Å². The molecule has 0 radical (unpaired) electrons. The van der Waals surface area contributed by atoms with Crippen LogP contribution in [0.2, 0.25) is 0 Å². The minimum absolute atomic E-state index is 0.220. The second-order valence-corrected chi connectivity index (χ2v) is 3.89. The fraction of sp³-hybridized carbons (Fsp3) is 1.00. The first kappa shape index (κ1) is 9.96. The maximum Gasteiger partial charge on any atom is 0.0639 e. The van der Waals surface area contributed by atoms with Crippen molar-refractivity contribution in [3.63, 3.8) is 0 Å². The fourth-order valence-corrected chi connectivity index (χ4v) is 2.00. The Morgan fingerprint density at radius 1 is 1.67 bits per heavy atom. The van der Waals surface area contributed by atoms with Gasteiger partial charge < -0.3 is 10.4 Å². The maximum absolute atomic E-state index is 9.21. The van der Waals surface area contributed by atoms with E-state index in [9.17, 15) is 5.11 Å². The van der Waals surface area contributed by atoms with E-state index < -0.39 is 0 Å². The summed E-state index contributed by atoms with van der Waals surface area (Å²) in [5.41, 5.74) is 0. The number of rotatable bonds is 3. The van der Waals surface area contributed by atoms with E-state index in [0.717, 1.165) is 13.1 Å². The largest absolute Gasteiger partial charge is 0.392 e. The zero-order chi connectivity index (χ0) is 9.14. The van der Waals surface area contributed by atoms with Crippen LogP contribution < -0.4 is 5.32 Å². The van der Waals surface area contributed by atoms with E-state index in [4.69, 9.17) is 0 Å². The smallest absolute Gasteiger partial charge is 0.0639 e. The van der Waals surface area contributed by atoms with Gasteiger partial charge >= 0.3 is 0 Å². The lowest BCUT2D eigenvalue weighted by molar-refractivity contribution is 0.114. The average molecular weight is 172 g/mol. The molecular formula is C9H20N2O. The van der Waals surface area contributed by atoms with E-state index in [0.29, 0.717) is 12.1 Å². The molecule has 2 N–H and O–H groups in total. The highest BCUT2D eigenvalue weighted by atomic mass is 16.3. The molecule has 3 heteroatoms. The molecule has 1 saturated heterocycles. The molecule has 0 aliphatic carbocycles. The SMILES string of the molecule is C[C@@H]1NCC[C@@H]1N(C)C[C@@H](C)O.